The van der Waals surface area contributed by atoms with Gasteiger partial charge in [-0.15, -0.1) is 0 Å². The lowest BCUT2D eigenvalue weighted by Gasteiger charge is -2.30. The number of aliphatic hydroxyl groups excluding tert-OH is 1. The van der Waals surface area contributed by atoms with Gasteiger partial charge in [0, 0.05) is 12.5 Å². The molecule has 0 saturated carbocycles. The summed E-state index contributed by atoms with van der Waals surface area (Å²) in [6, 6.07) is 0. The molecule has 2 fully saturated rings. The second kappa shape index (κ2) is 10.6. The molecule has 0 aromatic heterocycles. The molecule has 1 unspecified atom stereocenters. The van der Waals surface area contributed by atoms with Crippen molar-refractivity contribution in [1.82, 2.24) is 0 Å². The van der Waals surface area contributed by atoms with Crippen LogP contribution < -0.4 is 0 Å². The van der Waals surface area contributed by atoms with E-state index >= 15 is 0 Å². The Morgan fingerprint density at radius 2 is 2.00 bits per heavy atom. The molecule has 156 valence electrons. The lowest BCUT2D eigenvalue weighted by molar-refractivity contribution is -0.142. The van der Waals surface area contributed by atoms with Crippen molar-refractivity contribution in [1.29, 1.82) is 0 Å². The van der Waals surface area contributed by atoms with E-state index in [1.165, 1.54) is 0 Å². The van der Waals surface area contributed by atoms with Gasteiger partial charge in [-0.2, -0.15) is 0 Å². The number of unbranched alkanes of at least 4 members (excludes halogenated alkanes) is 2. The first-order valence-corrected chi connectivity index (χ1v) is 10.7. The smallest absolute Gasteiger partial charge is 0.329 e. The Hall–Kier alpha value is -0.910. The fourth-order valence-electron chi connectivity index (χ4n) is 4.47. The summed E-state index contributed by atoms with van der Waals surface area (Å²) in [5, 5.41) is 19.2. The van der Waals surface area contributed by atoms with Gasteiger partial charge in [-0.05, 0) is 43.4 Å². The summed E-state index contributed by atoms with van der Waals surface area (Å²) >= 11 is 0. The van der Waals surface area contributed by atoms with Gasteiger partial charge in [-0.3, -0.25) is 0 Å². The maximum atomic E-state index is 10.6. The molecule has 0 spiro atoms. The topological polar surface area (TPSA) is 76.0 Å². The van der Waals surface area contributed by atoms with Crippen LogP contribution in [-0.4, -0.2) is 47.7 Å². The number of carboxylic acid groups (broad SMARTS) is 1. The van der Waals surface area contributed by atoms with Crippen molar-refractivity contribution in [3.05, 3.63) is 12.2 Å². The van der Waals surface area contributed by atoms with Crippen molar-refractivity contribution >= 4 is 5.97 Å². The number of ether oxygens (including phenoxy) is 2. The van der Waals surface area contributed by atoms with Crippen molar-refractivity contribution in [2.24, 2.45) is 17.3 Å². The maximum absolute atomic E-state index is 10.6. The molecule has 2 heterocycles. The summed E-state index contributed by atoms with van der Waals surface area (Å²) < 4.78 is 11.3. The van der Waals surface area contributed by atoms with Crippen LogP contribution in [0.1, 0.15) is 72.1 Å². The van der Waals surface area contributed by atoms with Crippen molar-refractivity contribution in [3.63, 3.8) is 0 Å². The van der Waals surface area contributed by atoms with Gasteiger partial charge in [0.15, 0.2) is 0 Å². The van der Waals surface area contributed by atoms with Gasteiger partial charge in [0.05, 0.1) is 18.3 Å². The fourth-order valence-corrected chi connectivity index (χ4v) is 4.47. The van der Waals surface area contributed by atoms with Crippen molar-refractivity contribution in [2.75, 3.05) is 13.2 Å². The van der Waals surface area contributed by atoms with Gasteiger partial charge in [-0.25, -0.2) is 4.79 Å². The normalized spacial score (nSPS) is 28.9. The Bertz CT molecular complexity index is 487. The van der Waals surface area contributed by atoms with E-state index in [9.17, 15) is 9.90 Å². The molecule has 2 saturated heterocycles. The minimum Gasteiger partial charge on any atom is -0.480 e. The van der Waals surface area contributed by atoms with E-state index in [2.05, 4.69) is 26.8 Å². The maximum Gasteiger partial charge on any atom is 0.329 e. The van der Waals surface area contributed by atoms with Crippen LogP contribution in [0.15, 0.2) is 12.2 Å². The summed E-state index contributed by atoms with van der Waals surface area (Å²) in [4.78, 5) is 10.5. The average molecular weight is 383 g/mol. The highest BCUT2D eigenvalue weighted by molar-refractivity contribution is 5.67. The molecule has 27 heavy (non-hydrogen) atoms. The molecular formula is C22H38O5. The molecule has 0 amide bonds. The van der Waals surface area contributed by atoms with E-state index in [1.54, 1.807) is 0 Å². The molecule has 2 bridgehead atoms. The Kier molecular flexibility index (Phi) is 8.77. The molecule has 5 heteroatoms. The molecule has 2 rings (SSSR count). The third kappa shape index (κ3) is 6.58. The monoisotopic (exact) mass is 382 g/mol. The Morgan fingerprint density at radius 3 is 2.70 bits per heavy atom. The molecule has 0 aliphatic carbocycles. The van der Waals surface area contributed by atoms with Crippen LogP contribution in [0, 0.1) is 17.3 Å². The minimum absolute atomic E-state index is 0.0953. The van der Waals surface area contributed by atoms with E-state index in [0.717, 1.165) is 51.4 Å². The van der Waals surface area contributed by atoms with Gasteiger partial charge in [0.25, 0.3) is 0 Å². The molecule has 0 aromatic rings. The molecule has 2 aliphatic rings. The molecule has 2 N–H and O–H groups in total. The summed E-state index contributed by atoms with van der Waals surface area (Å²) in [6.45, 7) is 6.75. The first-order valence-electron chi connectivity index (χ1n) is 10.7. The van der Waals surface area contributed by atoms with Gasteiger partial charge in [-0.1, -0.05) is 52.2 Å². The number of rotatable bonds is 13. The largest absolute Gasteiger partial charge is 0.480 e. The molecule has 5 atom stereocenters. The van der Waals surface area contributed by atoms with Crippen LogP contribution in [0.25, 0.3) is 0 Å². The van der Waals surface area contributed by atoms with E-state index in [0.29, 0.717) is 30.7 Å². The zero-order valence-electron chi connectivity index (χ0n) is 17.2. The third-order valence-electron chi connectivity index (χ3n) is 6.28. The highest BCUT2D eigenvalue weighted by atomic mass is 16.5. The van der Waals surface area contributed by atoms with E-state index < -0.39 is 12.1 Å². The molecule has 0 radical (unpaired) electrons. The first kappa shape index (κ1) is 22.4. The number of carbonyl (C=O) groups is 1. The predicted octanol–water partition coefficient (Wildman–Crippen LogP) is 4.19. The summed E-state index contributed by atoms with van der Waals surface area (Å²) in [5.41, 5.74) is -0.0953. The summed E-state index contributed by atoms with van der Waals surface area (Å²) in [7, 11) is 0. The summed E-state index contributed by atoms with van der Waals surface area (Å²) in [5.74, 6) is -0.0205. The number of hydrogen-bond donors (Lipinski definition) is 2. The quantitative estimate of drug-likeness (QED) is 0.369. The number of hydrogen-bond acceptors (Lipinski definition) is 4. The number of fused-ring (bicyclic) bond motifs is 2. The molecule has 2 aliphatic heterocycles. The first-order chi connectivity index (χ1) is 12.8. The lowest BCUT2D eigenvalue weighted by Crippen LogP contribution is -2.29. The Labute approximate surface area is 164 Å². The van der Waals surface area contributed by atoms with Crippen LogP contribution in [0.4, 0.5) is 0 Å². The number of carboxylic acids is 1. The SMILES string of the molecule is CCCCC(C)(C)C(O)/C=C/[C@H]1[C@@H](CCCCOCC(=O)O)[C@H]2CC[C@@H]1O2. The average Bonchev–Trinajstić information content (AvgIpc) is 3.22. The summed E-state index contributed by atoms with van der Waals surface area (Å²) in [6.07, 6.45) is 13.0. The zero-order valence-corrected chi connectivity index (χ0v) is 17.2. The predicted molar refractivity (Wildman–Crippen MR) is 106 cm³/mol. The van der Waals surface area contributed by atoms with E-state index in [-0.39, 0.29) is 12.0 Å². The van der Waals surface area contributed by atoms with Crippen molar-refractivity contribution in [2.45, 2.75) is 90.4 Å². The lowest BCUT2D eigenvalue weighted by atomic mass is 9.75. The number of aliphatic hydroxyl groups is 1. The standard InChI is InChI=1S/C22H38O5/c1-4-5-13-22(2,3)20(23)12-9-17-16(18-10-11-19(17)27-18)8-6-7-14-26-15-21(24)25/h9,12,16-20,23H,4-8,10-11,13-15H2,1-3H3,(H,24,25)/b12-9+/t16-,17+,18-,19+,20?/m1/s1. The van der Waals surface area contributed by atoms with Gasteiger partial charge in [0.2, 0.25) is 0 Å². The van der Waals surface area contributed by atoms with Gasteiger partial charge < -0.3 is 19.7 Å². The Morgan fingerprint density at radius 1 is 1.26 bits per heavy atom. The third-order valence-corrected chi connectivity index (χ3v) is 6.28. The fraction of sp³-hybridized carbons (Fsp3) is 0.864. The van der Waals surface area contributed by atoms with Crippen molar-refractivity contribution < 1.29 is 24.5 Å². The molecular weight excluding hydrogens is 344 g/mol. The van der Waals surface area contributed by atoms with Crippen LogP contribution in [0.3, 0.4) is 0 Å². The van der Waals surface area contributed by atoms with Crippen LogP contribution in [0.5, 0.6) is 0 Å². The van der Waals surface area contributed by atoms with Crippen LogP contribution in [0.2, 0.25) is 0 Å². The zero-order chi connectivity index (χ0) is 19.9. The highest BCUT2D eigenvalue weighted by Crippen LogP contribution is 2.46. The van der Waals surface area contributed by atoms with E-state index in [4.69, 9.17) is 14.6 Å². The second-order valence-corrected chi connectivity index (χ2v) is 8.90. The molecule has 0 aromatic carbocycles. The second-order valence-electron chi connectivity index (χ2n) is 8.90. The van der Waals surface area contributed by atoms with Crippen LogP contribution >= 0.6 is 0 Å². The van der Waals surface area contributed by atoms with Crippen molar-refractivity contribution in [3.8, 4) is 0 Å². The minimum atomic E-state index is -0.915. The van der Waals surface area contributed by atoms with E-state index in [1.807, 2.05) is 6.08 Å². The van der Waals surface area contributed by atoms with Crippen LogP contribution in [-0.2, 0) is 14.3 Å². The highest BCUT2D eigenvalue weighted by Gasteiger charge is 2.47. The molecule has 5 nitrogen and oxygen atoms in total. The number of aliphatic carboxylic acids is 1. The van der Waals surface area contributed by atoms with Gasteiger partial charge >= 0.3 is 5.97 Å². The Balaban J connectivity index is 1.82. The van der Waals surface area contributed by atoms with Gasteiger partial charge in [0.1, 0.15) is 6.61 Å².